The topological polar surface area (TPSA) is 102 Å². The first-order chi connectivity index (χ1) is 16.7. The van der Waals surface area contributed by atoms with E-state index >= 15 is 0 Å². The SMILES string of the molecule is CCS(=O)c1ccc(CC(=O)Nc2ccc3c(n2)CCC(C)(c2ccc(C(C)C)nn2)C3=O)cc1. The number of nitrogens with one attached hydrogen (secondary N) is 1. The molecule has 0 saturated carbocycles. The minimum absolute atomic E-state index is 0.0275. The van der Waals surface area contributed by atoms with Crippen LogP contribution in [0.25, 0.3) is 0 Å². The van der Waals surface area contributed by atoms with Crippen molar-refractivity contribution >= 4 is 28.3 Å². The molecule has 2 aromatic heterocycles. The molecular formula is C27H30N4O3S. The number of Topliss-reactive ketones (excluding diaryl/α,β-unsaturated/α-hetero) is 1. The van der Waals surface area contributed by atoms with Crippen LogP contribution in [0.1, 0.15) is 73.0 Å². The number of hydrogen-bond donors (Lipinski definition) is 1. The number of pyridine rings is 1. The molecule has 1 aliphatic rings. The largest absolute Gasteiger partial charge is 0.310 e. The maximum Gasteiger partial charge on any atom is 0.229 e. The number of ketones is 1. The minimum atomic E-state index is -1.01. The molecular weight excluding hydrogens is 460 g/mol. The Morgan fingerprint density at radius 2 is 1.83 bits per heavy atom. The maximum atomic E-state index is 13.4. The smallest absolute Gasteiger partial charge is 0.229 e. The lowest BCUT2D eigenvalue weighted by Crippen LogP contribution is -2.39. The molecule has 0 spiro atoms. The van der Waals surface area contributed by atoms with Gasteiger partial charge >= 0.3 is 0 Å². The van der Waals surface area contributed by atoms with Gasteiger partial charge in [-0.25, -0.2) is 4.98 Å². The number of aryl methyl sites for hydroxylation is 1. The Bertz CT molecular complexity index is 1270. The van der Waals surface area contributed by atoms with E-state index < -0.39 is 16.2 Å². The molecule has 0 fully saturated rings. The molecule has 0 saturated heterocycles. The number of rotatable bonds is 7. The van der Waals surface area contributed by atoms with E-state index in [1.807, 2.05) is 38.1 Å². The molecule has 0 radical (unpaired) electrons. The van der Waals surface area contributed by atoms with Crippen molar-refractivity contribution < 1.29 is 13.8 Å². The zero-order chi connectivity index (χ0) is 25.2. The van der Waals surface area contributed by atoms with E-state index in [1.165, 1.54) is 0 Å². The quantitative estimate of drug-likeness (QED) is 0.527. The molecule has 2 unspecified atom stereocenters. The van der Waals surface area contributed by atoms with Crippen molar-refractivity contribution in [2.24, 2.45) is 0 Å². The summed E-state index contributed by atoms with van der Waals surface area (Å²) in [6.07, 6.45) is 1.36. The highest BCUT2D eigenvalue weighted by Crippen LogP contribution is 2.37. The molecule has 35 heavy (non-hydrogen) atoms. The highest BCUT2D eigenvalue weighted by atomic mass is 32.2. The van der Waals surface area contributed by atoms with Gasteiger partial charge in [0.1, 0.15) is 5.82 Å². The molecule has 0 bridgehead atoms. The van der Waals surface area contributed by atoms with E-state index in [0.717, 1.165) is 16.2 Å². The van der Waals surface area contributed by atoms with Crippen LogP contribution in [0.4, 0.5) is 5.82 Å². The number of aromatic nitrogens is 3. The Morgan fingerprint density at radius 1 is 1.09 bits per heavy atom. The number of hydrogen-bond acceptors (Lipinski definition) is 6. The fraction of sp³-hybridized carbons (Fsp3) is 0.370. The van der Waals surface area contributed by atoms with Crippen molar-refractivity contribution in [2.45, 2.75) is 63.2 Å². The molecule has 182 valence electrons. The Labute approximate surface area is 208 Å². The van der Waals surface area contributed by atoms with E-state index in [-0.39, 0.29) is 24.0 Å². The summed E-state index contributed by atoms with van der Waals surface area (Å²) in [5, 5.41) is 11.5. The molecule has 1 aliphatic carbocycles. The number of nitrogens with zero attached hydrogens (tertiary/aromatic N) is 3. The summed E-state index contributed by atoms with van der Waals surface area (Å²) < 4.78 is 11.9. The molecule has 7 nitrogen and oxygen atoms in total. The Balaban J connectivity index is 1.45. The molecule has 2 atom stereocenters. The van der Waals surface area contributed by atoms with Crippen molar-refractivity contribution in [1.29, 1.82) is 0 Å². The third kappa shape index (κ3) is 5.22. The second kappa shape index (κ2) is 10.2. The maximum absolute atomic E-state index is 13.4. The number of carbonyl (C=O) groups excluding carboxylic acids is 2. The Hall–Kier alpha value is -3.26. The summed E-state index contributed by atoms with van der Waals surface area (Å²) in [4.78, 5) is 31.3. The monoisotopic (exact) mass is 490 g/mol. The zero-order valence-electron chi connectivity index (χ0n) is 20.5. The standard InChI is InChI=1S/C27H30N4O3S/c1-5-35(34)19-8-6-18(7-9-19)16-25(32)29-24-13-10-20-22(28-24)14-15-27(4,26(20)33)23-12-11-21(17(2)3)30-31-23/h6-13,17H,5,14-16H2,1-4H3,(H,28,29,32). The van der Waals surface area contributed by atoms with Gasteiger partial charge in [0, 0.05) is 16.2 Å². The van der Waals surface area contributed by atoms with Gasteiger partial charge in [-0.1, -0.05) is 32.9 Å². The first-order valence-corrected chi connectivity index (χ1v) is 13.2. The first-order valence-electron chi connectivity index (χ1n) is 11.9. The fourth-order valence-electron chi connectivity index (χ4n) is 4.23. The van der Waals surface area contributed by atoms with Crippen molar-refractivity contribution in [3.05, 3.63) is 76.7 Å². The number of fused-ring (bicyclic) bond motifs is 1. The third-order valence-corrected chi connectivity index (χ3v) is 7.83. The summed E-state index contributed by atoms with van der Waals surface area (Å²) in [6, 6.07) is 14.5. The summed E-state index contributed by atoms with van der Waals surface area (Å²) in [5.41, 5.74) is 2.89. The number of amides is 1. The molecule has 3 aromatic rings. The van der Waals surface area contributed by atoms with Crippen LogP contribution in [0.3, 0.4) is 0 Å². The molecule has 4 rings (SSSR count). The van der Waals surface area contributed by atoms with Gasteiger partial charge in [0.25, 0.3) is 0 Å². The second-order valence-electron chi connectivity index (χ2n) is 9.35. The molecule has 2 heterocycles. The summed E-state index contributed by atoms with van der Waals surface area (Å²) in [7, 11) is -1.01. The van der Waals surface area contributed by atoms with Crippen LogP contribution >= 0.6 is 0 Å². The summed E-state index contributed by atoms with van der Waals surface area (Å²) in [6.45, 7) is 7.90. The number of anilines is 1. The molecule has 8 heteroatoms. The van der Waals surface area contributed by atoms with Crippen LogP contribution in [-0.2, 0) is 33.9 Å². The van der Waals surface area contributed by atoms with Gasteiger partial charge in [-0.05, 0) is 67.6 Å². The van der Waals surface area contributed by atoms with E-state index in [0.29, 0.717) is 41.4 Å². The van der Waals surface area contributed by atoms with Crippen LogP contribution in [0.2, 0.25) is 0 Å². The Morgan fingerprint density at radius 3 is 2.46 bits per heavy atom. The molecule has 0 aliphatic heterocycles. The van der Waals surface area contributed by atoms with Crippen LogP contribution in [-0.4, -0.2) is 36.8 Å². The highest BCUT2D eigenvalue weighted by Gasteiger charge is 2.42. The van der Waals surface area contributed by atoms with Crippen LogP contribution < -0.4 is 5.32 Å². The van der Waals surface area contributed by atoms with Crippen molar-refractivity contribution in [1.82, 2.24) is 15.2 Å². The van der Waals surface area contributed by atoms with E-state index in [1.54, 1.807) is 24.3 Å². The van der Waals surface area contributed by atoms with Gasteiger partial charge in [-0.3, -0.25) is 13.8 Å². The van der Waals surface area contributed by atoms with E-state index in [9.17, 15) is 13.8 Å². The van der Waals surface area contributed by atoms with Crippen molar-refractivity contribution in [2.75, 3.05) is 11.1 Å². The molecule has 1 amide bonds. The van der Waals surface area contributed by atoms with E-state index in [2.05, 4.69) is 34.3 Å². The third-order valence-electron chi connectivity index (χ3n) is 6.50. The predicted molar refractivity (Wildman–Crippen MR) is 136 cm³/mol. The van der Waals surface area contributed by atoms with Gasteiger partial charge in [0.05, 0.1) is 39.7 Å². The lowest BCUT2D eigenvalue weighted by Gasteiger charge is -2.32. The summed E-state index contributed by atoms with van der Waals surface area (Å²) in [5.74, 6) is 1.03. The average molecular weight is 491 g/mol. The van der Waals surface area contributed by atoms with Gasteiger partial charge in [0.2, 0.25) is 5.91 Å². The van der Waals surface area contributed by atoms with Gasteiger partial charge in [0.15, 0.2) is 5.78 Å². The lowest BCUT2D eigenvalue weighted by atomic mass is 9.71. The van der Waals surface area contributed by atoms with Gasteiger partial charge in [-0.15, -0.1) is 0 Å². The predicted octanol–water partition coefficient (Wildman–Crippen LogP) is 4.39. The average Bonchev–Trinajstić information content (AvgIpc) is 2.86. The van der Waals surface area contributed by atoms with Crippen LogP contribution in [0, 0.1) is 0 Å². The van der Waals surface area contributed by atoms with Crippen molar-refractivity contribution in [3.63, 3.8) is 0 Å². The number of benzene rings is 1. The summed E-state index contributed by atoms with van der Waals surface area (Å²) >= 11 is 0. The van der Waals surface area contributed by atoms with E-state index in [4.69, 9.17) is 0 Å². The first kappa shape index (κ1) is 24.9. The highest BCUT2D eigenvalue weighted by molar-refractivity contribution is 7.85. The normalized spacial score (nSPS) is 18.3. The Kier molecular flexibility index (Phi) is 7.21. The second-order valence-corrected chi connectivity index (χ2v) is 11.1. The molecule has 1 N–H and O–H groups in total. The van der Waals surface area contributed by atoms with Gasteiger partial charge in [-0.2, -0.15) is 10.2 Å². The van der Waals surface area contributed by atoms with Crippen molar-refractivity contribution in [3.8, 4) is 0 Å². The zero-order valence-corrected chi connectivity index (χ0v) is 21.3. The molecule has 1 aromatic carbocycles. The number of carbonyl (C=O) groups is 2. The van der Waals surface area contributed by atoms with Crippen LogP contribution in [0.5, 0.6) is 0 Å². The van der Waals surface area contributed by atoms with Gasteiger partial charge < -0.3 is 5.32 Å². The lowest BCUT2D eigenvalue weighted by molar-refractivity contribution is -0.115. The van der Waals surface area contributed by atoms with Crippen LogP contribution in [0.15, 0.2) is 53.4 Å². The fourth-order valence-corrected chi connectivity index (χ4v) is 5.01. The minimum Gasteiger partial charge on any atom is -0.310 e.